The largest absolute Gasteiger partial charge is 0.481 e. The first-order valence-corrected chi connectivity index (χ1v) is 9.20. The summed E-state index contributed by atoms with van der Waals surface area (Å²) in [4.78, 5) is 25.6. The van der Waals surface area contributed by atoms with E-state index < -0.39 is 0 Å². The van der Waals surface area contributed by atoms with Gasteiger partial charge in [0.25, 0.3) is 0 Å². The van der Waals surface area contributed by atoms with Gasteiger partial charge in [-0.1, -0.05) is 16.7 Å². The number of pyridine rings is 2. The van der Waals surface area contributed by atoms with Gasteiger partial charge >= 0.3 is 0 Å². The third-order valence-corrected chi connectivity index (χ3v) is 5.30. The predicted octanol–water partition coefficient (Wildman–Crippen LogP) is 3.91. The zero-order valence-electron chi connectivity index (χ0n) is 15.3. The number of halogens is 1. The fraction of sp³-hybridized carbons (Fsp3) is 0.500. The van der Waals surface area contributed by atoms with Gasteiger partial charge in [0.1, 0.15) is 0 Å². The molecule has 9 heteroatoms. The number of nitrogens with zero attached hydrogens (tertiary/aromatic N) is 6. The number of azide groups is 1. The van der Waals surface area contributed by atoms with E-state index in [0.29, 0.717) is 23.9 Å². The van der Waals surface area contributed by atoms with Crippen molar-refractivity contribution in [3.8, 4) is 5.88 Å². The summed E-state index contributed by atoms with van der Waals surface area (Å²) in [7, 11) is 1.57. The van der Waals surface area contributed by atoms with E-state index in [1.165, 1.54) is 0 Å². The Balaban J connectivity index is 1.82. The van der Waals surface area contributed by atoms with Crippen molar-refractivity contribution >= 4 is 28.5 Å². The fourth-order valence-corrected chi connectivity index (χ4v) is 3.83. The van der Waals surface area contributed by atoms with Gasteiger partial charge in [0.05, 0.1) is 29.2 Å². The van der Waals surface area contributed by atoms with Crippen molar-refractivity contribution < 1.29 is 9.53 Å². The van der Waals surface area contributed by atoms with E-state index in [-0.39, 0.29) is 18.0 Å². The van der Waals surface area contributed by atoms with E-state index in [0.717, 1.165) is 35.9 Å². The number of likely N-dealkylation sites (tertiary alicyclic amines) is 1. The smallest absolute Gasteiger partial charge is 0.219 e. The Kier molecular flexibility index (Phi) is 5.98. The highest BCUT2D eigenvalue weighted by Gasteiger charge is 2.29. The number of piperidine rings is 1. The van der Waals surface area contributed by atoms with Crippen molar-refractivity contribution in [2.24, 2.45) is 5.11 Å². The molecule has 0 N–H and O–H groups in total. The lowest BCUT2D eigenvalue weighted by molar-refractivity contribution is -0.132. The molecule has 3 heterocycles. The number of fused-ring (bicyclic) bond motifs is 1. The third-order valence-electron chi connectivity index (χ3n) is 4.98. The van der Waals surface area contributed by atoms with Crippen LogP contribution in [-0.2, 0) is 11.2 Å². The Hall–Kier alpha value is -2.57. The van der Waals surface area contributed by atoms with Gasteiger partial charge in [0.15, 0.2) is 0 Å². The summed E-state index contributed by atoms with van der Waals surface area (Å²) < 4.78 is 5.22. The molecule has 2 aromatic heterocycles. The van der Waals surface area contributed by atoms with E-state index in [1.807, 2.05) is 6.07 Å². The van der Waals surface area contributed by atoms with Crippen LogP contribution in [-0.4, -0.2) is 46.5 Å². The maximum atomic E-state index is 12.1. The summed E-state index contributed by atoms with van der Waals surface area (Å²) in [5.41, 5.74) is 11.0. The molecule has 0 saturated carbocycles. The number of carbonyl (C=O) groups is 1. The molecular weight excluding hydrogens is 368 g/mol. The van der Waals surface area contributed by atoms with Crippen molar-refractivity contribution in [1.82, 2.24) is 14.9 Å². The highest BCUT2D eigenvalue weighted by atomic mass is 35.5. The standard InChI is InChI=1S/C18H21ClN6O2/c1-11(26)25-10-12(23-24-20)3-4-13(25)5-6-14-15(19)9-21-16-7-8-17(27-2)22-18(14)16/h7-9,12-13H,3-6,10H2,1-2H3/t12-,13+/m0/s1. The van der Waals surface area contributed by atoms with Gasteiger partial charge in [-0.05, 0) is 37.3 Å². The number of aromatic nitrogens is 2. The molecule has 2 atom stereocenters. The average molecular weight is 389 g/mol. The van der Waals surface area contributed by atoms with Crippen LogP contribution in [0.2, 0.25) is 5.02 Å². The van der Waals surface area contributed by atoms with Crippen LogP contribution in [0.1, 0.15) is 31.7 Å². The molecule has 0 spiro atoms. The summed E-state index contributed by atoms with van der Waals surface area (Å²) in [6.45, 7) is 2.01. The van der Waals surface area contributed by atoms with Crippen LogP contribution in [0.15, 0.2) is 23.4 Å². The number of rotatable bonds is 5. The number of aryl methyl sites for hydroxylation is 1. The van der Waals surface area contributed by atoms with E-state index in [2.05, 4.69) is 20.0 Å². The van der Waals surface area contributed by atoms with Crippen LogP contribution in [0.3, 0.4) is 0 Å². The maximum Gasteiger partial charge on any atom is 0.219 e. The second kappa shape index (κ2) is 8.41. The topological polar surface area (TPSA) is 104 Å². The SMILES string of the molecule is COc1ccc2ncc(Cl)c(CC[C@H]3CC[C@H](N=[N+]=[N-])CN3C(C)=O)c2n1. The van der Waals surface area contributed by atoms with E-state index in [9.17, 15) is 4.79 Å². The molecule has 1 fully saturated rings. The van der Waals surface area contributed by atoms with Gasteiger partial charge in [-0.25, -0.2) is 4.98 Å². The molecule has 142 valence electrons. The van der Waals surface area contributed by atoms with Crippen LogP contribution in [0.4, 0.5) is 0 Å². The Morgan fingerprint density at radius 3 is 3.00 bits per heavy atom. The molecule has 0 unspecified atom stereocenters. The number of carbonyl (C=O) groups excluding carboxylic acids is 1. The third kappa shape index (κ3) is 4.23. The van der Waals surface area contributed by atoms with Crippen molar-refractivity contribution in [2.45, 2.75) is 44.7 Å². The van der Waals surface area contributed by atoms with E-state index >= 15 is 0 Å². The molecule has 1 aliphatic heterocycles. The van der Waals surface area contributed by atoms with E-state index in [4.69, 9.17) is 21.9 Å². The molecule has 0 aliphatic carbocycles. The Bertz CT molecular complexity index is 899. The Morgan fingerprint density at radius 1 is 1.48 bits per heavy atom. The minimum absolute atomic E-state index is 0.0108. The molecule has 3 rings (SSSR count). The molecule has 2 aromatic rings. The van der Waals surface area contributed by atoms with Crippen LogP contribution < -0.4 is 4.74 Å². The predicted molar refractivity (Wildman–Crippen MR) is 103 cm³/mol. The zero-order chi connectivity index (χ0) is 19.4. The minimum atomic E-state index is -0.161. The van der Waals surface area contributed by atoms with Crippen LogP contribution in [0, 0.1) is 0 Å². The summed E-state index contributed by atoms with van der Waals surface area (Å²) in [6.07, 6.45) is 4.61. The number of amides is 1. The van der Waals surface area contributed by atoms with Crippen molar-refractivity contribution in [1.29, 1.82) is 0 Å². The van der Waals surface area contributed by atoms with Crippen molar-refractivity contribution in [3.05, 3.63) is 39.4 Å². The highest BCUT2D eigenvalue weighted by Crippen LogP contribution is 2.29. The summed E-state index contributed by atoms with van der Waals surface area (Å²) >= 11 is 6.40. The van der Waals surface area contributed by atoms with Crippen molar-refractivity contribution in [3.63, 3.8) is 0 Å². The van der Waals surface area contributed by atoms with Crippen LogP contribution in [0.5, 0.6) is 5.88 Å². The lowest BCUT2D eigenvalue weighted by atomic mass is 9.93. The number of hydrogen-bond acceptors (Lipinski definition) is 5. The van der Waals surface area contributed by atoms with Gasteiger partial charge in [-0.3, -0.25) is 9.78 Å². The average Bonchev–Trinajstić information content (AvgIpc) is 2.67. The first-order chi connectivity index (χ1) is 13.0. The normalized spacial score (nSPS) is 19.6. The highest BCUT2D eigenvalue weighted by molar-refractivity contribution is 6.32. The maximum absolute atomic E-state index is 12.1. The second-order valence-electron chi connectivity index (χ2n) is 6.61. The molecule has 0 radical (unpaired) electrons. The summed E-state index contributed by atoms with van der Waals surface area (Å²) in [5.74, 6) is 0.497. The van der Waals surface area contributed by atoms with E-state index in [1.54, 1.807) is 31.2 Å². The summed E-state index contributed by atoms with van der Waals surface area (Å²) in [6, 6.07) is 3.54. The molecule has 1 saturated heterocycles. The van der Waals surface area contributed by atoms with Crippen molar-refractivity contribution in [2.75, 3.05) is 13.7 Å². The zero-order valence-corrected chi connectivity index (χ0v) is 16.1. The van der Waals surface area contributed by atoms with Gasteiger partial charge in [-0.15, -0.1) is 0 Å². The van der Waals surface area contributed by atoms with Crippen LogP contribution in [0.25, 0.3) is 21.5 Å². The second-order valence-corrected chi connectivity index (χ2v) is 7.01. The fourth-order valence-electron chi connectivity index (χ4n) is 3.60. The lowest BCUT2D eigenvalue weighted by Crippen LogP contribution is -2.47. The molecular formula is C18H21ClN6O2. The minimum Gasteiger partial charge on any atom is -0.481 e. The molecule has 1 amide bonds. The first-order valence-electron chi connectivity index (χ1n) is 8.83. The lowest BCUT2D eigenvalue weighted by Gasteiger charge is -2.38. The Labute approximate surface area is 162 Å². The number of ether oxygens (including phenoxy) is 1. The van der Waals surface area contributed by atoms with Gasteiger partial charge in [-0.2, -0.15) is 0 Å². The first kappa shape index (κ1) is 19.2. The van der Waals surface area contributed by atoms with Gasteiger partial charge in [0.2, 0.25) is 11.8 Å². The monoisotopic (exact) mass is 388 g/mol. The quantitative estimate of drug-likeness (QED) is 0.439. The molecule has 1 aliphatic rings. The van der Waals surface area contributed by atoms with Gasteiger partial charge < -0.3 is 9.64 Å². The molecule has 0 bridgehead atoms. The number of hydrogen-bond donors (Lipinski definition) is 0. The molecule has 8 nitrogen and oxygen atoms in total. The molecule has 27 heavy (non-hydrogen) atoms. The van der Waals surface area contributed by atoms with Gasteiger partial charge in [0, 0.05) is 42.2 Å². The molecule has 0 aromatic carbocycles. The van der Waals surface area contributed by atoms with Crippen LogP contribution >= 0.6 is 11.6 Å². The number of methoxy groups -OCH3 is 1. The summed E-state index contributed by atoms with van der Waals surface area (Å²) in [5, 5.41) is 4.33. The Morgan fingerprint density at radius 2 is 2.30 bits per heavy atom.